The standard InChI is InChI=1S/C25H24ClN5O3S/c1-33-21-13-12-17(14-19(21)26)28-24(32)16-35-25-30-29-23(31(25)18-8-4-3-5-9-18)15-27-20-10-6-7-11-22(20)34-2/h3-14,27H,15-16H2,1-2H3,(H,28,32). The van der Waals surface area contributed by atoms with Crippen LogP contribution in [0.1, 0.15) is 5.82 Å². The zero-order valence-corrected chi connectivity index (χ0v) is 20.8. The van der Waals surface area contributed by atoms with Crippen LogP contribution in [-0.4, -0.2) is 40.6 Å². The summed E-state index contributed by atoms with van der Waals surface area (Å²) in [6, 6.07) is 22.5. The summed E-state index contributed by atoms with van der Waals surface area (Å²) in [6.07, 6.45) is 0. The van der Waals surface area contributed by atoms with Crippen LogP contribution in [0.25, 0.3) is 5.69 Å². The number of nitrogens with zero attached hydrogens (tertiary/aromatic N) is 3. The second-order valence-corrected chi connectivity index (χ2v) is 8.66. The maximum Gasteiger partial charge on any atom is 0.234 e. The number of aromatic nitrogens is 3. The molecule has 1 amide bonds. The summed E-state index contributed by atoms with van der Waals surface area (Å²) in [6.45, 7) is 0.416. The van der Waals surface area contributed by atoms with Gasteiger partial charge in [0.2, 0.25) is 5.91 Å². The normalized spacial score (nSPS) is 10.6. The Morgan fingerprint density at radius 2 is 1.71 bits per heavy atom. The van der Waals surface area contributed by atoms with Gasteiger partial charge in [-0.05, 0) is 42.5 Å². The second kappa shape index (κ2) is 11.6. The molecule has 4 rings (SSSR count). The van der Waals surface area contributed by atoms with Crippen molar-refractivity contribution in [2.45, 2.75) is 11.7 Å². The number of benzene rings is 3. The first-order valence-corrected chi connectivity index (χ1v) is 12.1. The molecule has 0 saturated carbocycles. The second-order valence-electron chi connectivity index (χ2n) is 7.31. The fourth-order valence-corrected chi connectivity index (χ4v) is 4.41. The van der Waals surface area contributed by atoms with Gasteiger partial charge in [0.1, 0.15) is 11.5 Å². The maximum absolute atomic E-state index is 12.6. The Kier molecular flexibility index (Phi) is 8.12. The zero-order chi connectivity index (χ0) is 24.6. The molecule has 0 atom stereocenters. The Morgan fingerprint density at radius 1 is 0.971 bits per heavy atom. The molecular weight excluding hydrogens is 486 g/mol. The molecule has 10 heteroatoms. The van der Waals surface area contributed by atoms with E-state index in [1.165, 1.54) is 11.8 Å². The molecule has 0 aliphatic heterocycles. The van der Waals surface area contributed by atoms with Gasteiger partial charge in [-0.3, -0.25) is 9.36 Å². The van der Waals surface area contributed by atoms with Gasteiger partial charge in [0.15, 0.2) is 11.0 Å². The van der Waals surface area contributed by atoms with Gasteiger partial charge in [-0.25, -0.2) is 0 Å². The summed E-state index contributed by atoms with van der Waals surface area (Å²) in [5, 5.41) is 16.0. The molecule has 8 nitrogen and oxygen atoms in total. The van der Waals surface area contributed by atoms with E-state index in [0.29, 0.717) is 34.0 Å². The Labute approximate surface area is 212 Å². The third kappa shape index (κ3) is 6.06. The summed E-state index contributed by atoms with van der Waals surface area (Å²) >= 11 is 7.45. The highest BCUT2D eigenvalue weighted by Crippen LogP contribution is 2.28. The first-order chi connectivity index (χ1) is 17.1. The van der Waals surface area contributed by atoms with Gasteiger partial charge in [0.05, 0.1) is 37.2 Å². The number of nitrogens with one attached hydrogen (secondary N) is 2. The van der Waals surface area contributed by atoms with E-state index < -0.39 is 0 Å². The minimum atomic E-state index is -0.187. The minimum Gasteiger partial charge on any atom is -0.495 e. The monoisotopic (exact) mass is 509 g/mol. The highest BCUT2D eigenvalue weighted by Gasteiger charge is 2.16. The number of amides is 1. The summed E-state index contributed by atoms with van der Waals surface area (Å²) < 4.78 is 12.5. The molecule has 0 aliphatic rings. The van der Waals surface area contributed by atoms with Crippen molar-refractivity contribution >= 4 is 40.6 Å². The van der Waals surface area contributed by atoms with Gasteiger partial charge in [-0.15, -0.1) is 10.2 Å². The van der Waals surface area contributed by atoms with Gasteiger partial charge in [-0.2, -0.15) is 0 Å². The van der Waals surface area contributed by atoms with Crippen LogP contribution in [0.2, 0.25) is 5.02 Å². The van der Waals surface area contributed by atoms with E-state index in [-0.39, 0.29) is 11.7 Å². The van der Waals surface area contributed by atoms with Gasteiger partial charge in [-0.1, -0.05) is 53.7 Å². The Hall–Kier alpha value is -3.69. The molecule has 0 aliphatic carbocycles. The number of carbonyl (C=O) groups is 1. The molecule has 0 fully saturated rings. The number of thioether (sulfide) groups is 1. The molecular formula is C25H24ClN5O3S. The smallest absolute Gasteiger partial charge is 0.234 e. The molecule has 1 aromatic heterocycles. The van der Waals surface area contributed by atoms with Crippen molar-refractivity contribution in [3.63, 3.8) is 0 Å². The third-order valence-electron chi connectivity index (χ3n) is 5.03. The predicted octanol–water partition coefficient (Wildman–Crippen LogP) is 5.28. The molecule has 4 aromatic rings. The molecule has 0 spiro atoms. The lowest BCUT2D eigenvalue weighted by molar-refractivity contribution is -0.113. The van der Waals surface area contributed by atoms with Crippen molar-refractivity contribution in [1.29, 1.82) is 0 Å². The molecule has 180 valence electrons. The molecule has 3 aromatic carbocycles. The Bertz CT molecular complexity index is 1300. The average molecular weight is 510 g/mol. The lowest BCUT2D eigenvalue weighted by Gasteiger charge is -2.13. The van der Waals surface area contributed by atoms with E-state index in [4.69, 9.17) is 21.1 Å². The van der Waals surface area contributed by atoms with Crippen LogP contribution in [0.15, 0.2) is 78.0 Å². The van der Waals surface area contributed by atoms with Crippen LogP contribution in [0.3, 0.4) is 0 Å². The molecule has 0 saturated heterocycles. The number of halogens is 1. The number of hydrogen-bond acceptors (Lipinski definition) is 7. The van der Waals surface area contributed by atoms with Crippen molar-refractivity contribution in [2.24, 2.45) is 0 Å². The molecule has 0 unspecified atom stereocenters. The number of hydrogen-bond donors (Lipinski definition) is 2. The number of ether oxygens (including phenoxy) is 2. The summed E-state index contributed by atoms with van der Waals surface area (Å²) in [5.74, 6) is 1.95. The number of anilines is 2. The molecule has 0 bridgehead atoms. The first-order valence-electron chi connectivity index (χ1n) is 10.7. The highest BCUT2D eigenvalue weighted by molar-refractivity contribution is 7.99. The summed E-state index contributed by atoms with van der Waals surface area (Å²) in [7, 11) is 3.17. The van der Waals surface area contributed by atoms with Crippen molar-refractivity contribution in [3.05, 3.63) is 83.6 Å². The largest absolute Gasteiger partial charge is 0.495 e. The lowest BCUT2D eigenvalue weighted by atomic mass is 10.3. The highest BCUT2D eigenvalue weighted by atomic mass is 35.5. The molecule has 35 heavy (non-hydrogen) atoms. The molecule has 1 heterocycles. The van der Waals surface area contributed by atoms with Crippen LogP contribution >= 0.6 is 23.4 Å². The van der Waals surface area contributed by atoms with Crippen LogP contribution in [0, 0.1) is 0 Å². The quantitative estimate of drug-likeness (QED) is 0.281. The number of methoxy groups -OCH3 is 2. The van der Waals surface area contributed by atoms with E-state index in [0.717, 1.165) is 17.1 Å². The van der Waals surface area contributed by atoms with Gasteiger partial charge < -0.3 is 20.1 Å². The van der Waals surface area contributed by atoms with Crippen molar-refractivity contribution in [3.8, 4) is 17.2 Å². The third-order valence-corrected chi connectivity index (χ3v) is 6.25. The van der Waals surface area contributed by atoms with Crippen LogP contribution < -0.4 is 20.1 Å². The van der Waals surface area contributed by atoms with Crippen molar-refractivity contribution in [1.82, 2.24) is 14.8 Å². The van der Waals surface area contributed by atoms with E-state index in [9.17, 15) is 4.79 Å². The minimum absolute atomic E-state index is 0.147. The average Bonchev–Trinajstić information content (AvgIpc) is 3.30. The predicted molar refractivity (Wildman–Crippen MR) is 139 cm³/mol. The van der Waals surface area contributed by atoms with Gasteiger partial charge in [0.25, 0.3) is 0 Å². The van der Waals surface area contributed by atoms with Crippen molar-refractivity contribution < 1.29 is 14.3 Å². The maximum atomic E-state index is 12.6. The van der Waals surface area contributed by atoms with Crippen molar-refractivity contribution in [2.75, 3.05) is 30.6 Å². The molecule has 0 radical (unpaired) electrons. The lowest BCUT2D eigenvalue weighted by Crippen LogP contribution is -2.15. The van der Waals surface area contributed by atoms with Crippen LogP contribution in [0.4, 0.5) is 11.4 Å². The summed E-state index contributed by atoms with van der Waals surface area (Å²) in [5.41, 5.74) is 2.34. The SMILES string of the molecule is COc1ccc(NC(=O)CSc2nnc(CNc3ccccc3OC)n2-c2ccccc2)cc1Cl. The number of para-hydroxylation sites is 3. The topological polar surface area (TPSA) is 90.3 Å². The van der Waals surface area contributed by atoms with E-state index in [1.54, 1.807) is 32.4 Å². The van der Waals surface area contributed by atoms with Crippen LogP contribution in [-0.2, 0) is 11.3 Å². The van der Waals surface area contributed by atoms with E-state index in [1.807, 2.05) is 59.2 Å². The fourth-order valence-electron chi connectivity index (χ4n) is 3.38. The Balaban J connectivity index is 1.49. The van der Waals surface area contributed by atoms with E-state index >= 15 is 0 Å². The van der Waals surface area contributed by atoms with Crippen LogP contribution in [0.5, 0.6) is 11.5 Å². The summed E-state index contributed by atoms with van der Waals surface area (Å²) in [4.78, 5) is 12.6. The van der Waals surface area contributed by atoms with Gasteiger partial charge in [0, 0.05) is 11.4 Å². The fraction of sp³-hybridized carbons (Fsp3) is 0.160. The first kappa shape index (κ1) is 24.4. The molecule has 2 N–H and O–H groups in total. The Morgan fingerprint density at radius 3 is 2.46 bits per heavy atom. The van der Waals surface area contributed by atoms with Gasteiger partial charge >= 0.3 is 0 Å². The zero-order valence-electron chi connectivity index (χ0n) is 19.2. The van der Waals surface area contributed by atoms with E-state index in [2.05, 4.69) is 20.8 Å². The number of carbonyl (C=O) groups excluding carboxylic acids is 1. The number of rotatable bonds is 10.